The number of aliphatic carboxylic acids is 1. The Morgan fingerprint density at radius 2 is 2.26 bits per heavy atom. The smallest absolute Gasteiger partial charge is 0.325 e. The Hall–Kier alpha value is -1.79. The molecule has 1 fully saturated rings. The molecule has 0 spiro atoms. The lowest BCUT2D eigenvalue weighted by Gasteiger charge is -2.38. The fraction of sp³-hybridized carbons (Fsp3) is 0.588. The first-order chi connectivity index (χ1) is 11.1. The number of hydrogen-bond donors (Lipinski definition) is 2. The van der Waals surface area contributed by atoms with Crippen molar-refractivity contribution in [1.82, 2.24) is 10.2 Å². The van der Waals surface area contributed by atoms with Crippen molar-refractivity contribution in [3.05, 3.63) is 23.8 Å². The van der Waals surface area contributed by atoms with E-state index in [1.54, 1.807) is 19.2 Å². The number of piperazine rings is 1. The highest BCUT2D eigenvalue weighted by atomic mass is 16.5. The average molecular weight is 322 g/mol. The highest BCUT2D eigenvalue weighted by Crippen LogP contribution is 2.33. The molecule has 0 aromatic heterocycles. The molecule has 0 amide bonds. The van der Waals surface area contributed by atoms with Gasteiger partial charge in [0.1, 0.15) is 6.04 Å². The number of nitrogens with zero attached hydrogens (tertiary/aromatic N) is 1. The third-order valence-electron chi connectivity index (χ3n) is 4.08. The molecule has 6 nitrogen and oxygen atoms in total. The van der Waals surface area contributed by atoms with Crippen molar-refractivity contribution in [2.75, 3.05) is 33.4 Å². The Morgan fingerprint density at radius 1 is 1.48 bits per heavy atom. The summed E-state index contributed by atoms with van der Waals surface area (Å²) in [4.78, 5) is 13.9. The number of ether oxygens (including phenoxy) is 2. The third-order valence-corrected chi connectivity index (χ3v) is 4.08. The normalized spacial score (nSPS) is 20.0. The third kappa shape index (κ3) is 4.14. The van der Waals surface area contributed by atoms with Crippen molar-refractivity contribution in [2.24, 2.45) is 0 Å². The zero-order chi connectivity index (χ0) is 16.8. The van der Waals surface area contributed by atoms with Gasteiger partial charge in [-0.3, -0.25) is 9.69 Å². The van der Waals surface area contributed by atoms with E-state index in [0.717, 1.165) is 25.1 Å². The fourth-order valence-electron chi connectivity index (χ4n) is 2.90. The molecule has 1 aromatic rings. The number of hydrogen-bond acceptors (Lipinski definition) is 5. The second kappa shape index (κ2) is 8.17. The van der Waals surface area contributed by atoms with Crippen LogP contribution in [-0.4, -0.2) is 55.4 Å². The van der Waals surface area contributed by atoms with Crippen molar-refractivity contribution in [3.63, 3.8) is 0 Å². The highest BCUT2D eigenvalue weighted by molar-refractivity contribution is 5.76. The van der Waals surface area contributed by atoms with Crippen LogP contribution in [0, 0.1) is 0 Å². The summed E-state index contributed by atoms with van der Waals surface area (Å²) in [5, 5.41) is 13.0. The molecule has 1 aliphatic rings. The molecular formula is C17H26N2O4. The number of carboxylic acid groups (broad SMARTS) is 1. The van der Waals surface area contributed by atoms with E-state index >= 15 is 0 Å². The Kier molecular flexibility index (Phi) is 6.24. The van der Waals surface area contributed by atoms with Gasteiger partial charge in [-0.05, 0) is 31.0 Å². The number of carbonyl (C=O) groups is 1. The maximum Gasteiger partial charge on any atom is 0.325 e. The molecular weight excluding hydrogens is 296 g/mol. The minimum absolute atomic E-state index is 0.159. The van der Waals surface area contributed by atoms with E-state index in [1.807, 2.05) is 24.8 Å². The monoisotopic (exact) mass is 322 g/mol. The molecule has 2 unspecified atom stereocenters. The summed E-state index contributed by atoms with van der Waals surface area (Å²) in [6, 6.07) is 4.87. The van der Waals surface area contributed by atoms with E-state index in [4.69, 9.17) is 9.47 Å². The number of rotatable bonds is 7. The molecule has 2 N–H and O–H groups in total. The van der Waals surface area contributed by atoms with Crippen LogP contribution in [0.1, 0.15) is 31.9 Å². The van der Waals surface area contributed by atoms with Gasteiger partial charge in [0.05, 0.1) is 13.7 Å². The lowest BCUT2D eigenvalue weighted by molar-refractivity contribution is -0.145. The zero-order valence-corrected chi connectivity index (χ0v) is 14.0. The van der Waals surface area contributed by atoms with E-state index < -0.39 is 12.0 Å². The maximum atomic E-state index is 11.9. The van der Waals surface area contributed by atoms with Crippen LogP contribution >= 0.6 is 0 Å². The van der Waals surface area contributed by atoms with Crippen molar-refractivity contribution in [2.45, 2.75) is 32.4 Å². The van der Waals surface area contributed by atoms with Crippen molar-refractivity contribution >= 4 is 5.97 Å². The second-order valence-corrected chi connectivity index (χ2v) is 5.79. The van der Waals surface area contributed by atoms with Crippen LogP contribution in [0.5, 0.6) is 11.5 Å². The van der Waals surface area contributed by atoms with Crippen LogP contribution in [-0.2, 0) is 4.79 Å². The number of benzene rings is 1. The first-order valence-corrected chi connectivity index (χ1v) is 8.08. The summed E-state index contributed by atoms with van der Waals surface area (Å²) in [5.41, 5.74) is 0.721. The zero-order valence-electron chi connectivity index (χ0n) is 14.0. The first kappa shape index (κ1) is 17.6. The van der Waals surface area contributed by atoms with Gasteiger partial charge in [0, 0.05) is 25.7 Å². The molecule has 1 saturated heterocycles. The second-order valence-electron chi connectivity index (χ2n) is 5.79. The minimum atomic E-state index is -0.842. The van der Waals surface area contributed by atoms with Crippen LogP contribution in [0.4, 0.5) is 0 Å². The maximum absolute atomic E-state index is 11.9. The standard InChI is InChI=1S/C17H26N2O4/c1-4-9-23-15-10-13(5-6-14(15)22-3)16(17(20)21)19-8-7-18-11-12(19)2/h5-6,10,12,16,18H,4,7-9,11H2,1-3H3,(H,20,21). The Bertz CT molecular complexity index is 535. The van der Waals surface area contributed by atoms with Gasteiger partial charge in [0.15, 0.2) is 11.5 Å². The van der Waals surface area contributed by atoms with Gasteiger partial charge in [-0.1, -0.05) is 13.0 Å². The Morgan fingerprint density at radius 3 is 2.87 bits per heavy atom. The Balaban J connectivity index is 2.33. The molecule has 2 atom stereocenters. The van der Waals surface area contributed by atoms with Crippen LogP contribution < -0.4 is 14.8 Å². The predicted octanol–water partition coefficient (Wildman–Crippen LogP) is 1.90. The predicted molar refractivity (Wildman–Crippen MR) is 88.2 cm³/mol. The van der Waals surface area contributed by atoms with Gasteiger partial charge >= 0.3 is 5.97 Å². The summed E-state index contributed by atoms with van der Waals surface area (Å²) in [7, 11) is 1.58. The number of methoxy groups -OCH3 is 1. The molecule has 0 saturated carbocycles. The summed E-state index contributed by atoms with van der Waals surface area (Å²) >= 11 is 0. The lowest BCUT2D eigenvalue weighted by Crippen LogP contribution is -2.52. The molecule has 1 aromatic carbocycles. The SMILES string of the molecule is CCCOc1cc(C(C(=O)O)N2CCNCC2C)ccc1OC. The molecule has 0 bridgehead atoms. The topological polar surface area (TPSA) is 71.0 Å². The molecule has 1 aliphatic heterocycles. The van der Waals surface area contributed by atoms with Gasteiger partial charge in [-0.15, -0.1) is 0 Å². The fourth-order valence-corrected chi connectivity index (χ4v) is 2.90. The van der Waals surface area contributed by atoms with Gasteiger partial charge in [0.2, 0.25) is 0 Å². The molecule has 1 heterocycles. The molecule has 0 aliphatic carbocycles. The number of nitrogens with one attached hydrogen (secondary N) is 1. The number of carboxylic acids is 1. The van der Waals surface area contributed by atoms with Gasteiger partial charge < -0.3 is 19.9 Å². The van der Waals surface area contributed by atoms with Crippen LogP contribution in [0.15, 0.2) is 18.2 Å². The molecule has 2 rings (SSSR count). The van der Waals surface area contributed by atoms with Crippen molar-refractivity contribution < 1.29 is 19.4 Å². The van der Waals surface area contributed by atoms with Crippen molar-refractivity contribution in [1.29, 1.82) is 0 Å². The van der Waals surface area contributed by atoms with Gasteiger partial charge in [-0.25, -0.2) is 0 Å². The average Bonchev–Trinajstić information content (AvgIpc) is 2.55. The lowest BCUT2D eigenvalue weighted by atomic mass is 10.0. The van der Waals surface area contributed by atoms with E-state index in [1.165, 1.54) is 0 Å². The summed E-state index contributed by atoms with van der Waals surface area (Å²) < 4.78 is 11.0. The summed E-state index contributed by atoms with van der Waals surface area (Å²) in [5.74, 6) is 0.381. The van der Waals surface area contributed by atoms with Crippen LogP contribution in [0.2, 0.25) is 0 Å². The van der Waals surface area contributed by atoms with Crippen LogP contribution in [0.25, 0.3) is 0 Å². The Labute approximate surface area is 137 Å². The summed E-state index contributed by atoms with van der Waals surface area (Å²) in [6.07, 6.45) is 0.880. The van der Waals surface area contributed by atoms with Crippen LogP contribution in [0.3, 0.4) is 0 Å². The minimum Gasteiger partial charge on any atom is -0.493 e. The summed E-state index contributed by atoms with van der Waals surface area (Å²) in [6.45, 7) is 6.93. The first-order valence-electron chi connectivity index (χ1n) is 8.08. The van der Waals surface area contributed by atoms with Crippen molar-refractivity contribution in [3.8, 4) is 11.5 Å². The van der Waals surface area contributed by atoms with E-state index in [0.29, 0.717) is 24.7 Å². The van der Waals surface area contributed by atoms with Gasteiger partial charge in [-0.2, -0.15) is 0 Å². The quantitative estimate of drug-likeness (QED) is 0.799. The van der Waals surface area contributed by atoms with E-state index in [-0.39, 0.29) is 6.04 Å². The highest BCUT2D eigenvalue weighted by Gasteiger charge is 2.32. The largest absolute Gasteiger partial charge is 0.493 e. The molecule has 128 valence electrons. The van der Waals surface area contributed by atoms with E-state index in [9.17, 15) is 9.90 Å². The van der Waals surface area contributed by atoms with E-state index in [2.05, 4.69) is 5.32 Å². The molecule has 6 heteroatoms. The molecule has 0 radical (unpaired) electrons. The molecule has 23 heavy (non-hydrogen) atoms. The van der Waals surface area contributed by atoms with Gasteiger partial charge in [0.25, 0.3) is 0 Å².